The first-order chi connectivity index (χ1) is 26.7. The third-order valence-corrected chi connectivity index (χ3v) is 12.0. The second-order valence-corrected chi connectivity index (χ2v) is 15.1. The van der Waals surface area contributed by atoms with Crippen molar-refractivity contribution in [2.45, 2.75) is 9.79 Å². The van der Waals surface area contributed by atoms with E-state index in [0.29, 0.717) is 0 Å². The monoisotopic (exact) mass is 710 g/mol. The van der Waals surface area contributed by atoms with Gasteiger partial charge in [-0.05, 0) is 96.1 Å². The zero-order chi connectivity index (χ0) is 35.3. The molecule has 5 nitrogen and oxygen atoms in total. The molecule has 254 valence electrons. The predicted octanol–water partition coefficient (Wildman–Crippen LogP) is 13.6. The minimum absolute atomic E-state index is 0.817. The maximum Gasteiger partial charge on any atom is 0.153 e. The van der Waals surface area contributed by atoms with Crippen LogP contribution in [0.3, 0.4) is 0 Å². The molecular weight excluding hydrogens is 681 g/mol. The number of hydrogen-bond donors (Lipinski definition) is 2. The molecule has 0 atom stereocenters. The van der Waals surface area contributed by atoms with Crippen LogP contribution < -0.4 is 15.4 Å². The molecule has 0 amide bonds. The largest absolute Gasteiger partial charge is 0.453 e. The van der Waals surface area contributed by atoms with Crippen molar-refractivity contribution in [3.8, 4) is 34.0 Å². The van der Waals surface area contributed by atoms with E-state index >= 15 is 0 Å². The van der Waals surface area contributed by atoms with Crippen LogP contribution in [0.4, 0.5) is 22.7 Å². The zero-order valence-corrected chi connectivity index (χ0v) is 29.7. The van der Waals surface area contributed by atoms with E-state index in [1.165, 1.54) is 53.5 Å². The molecule has 0 radical (unpaired) electrons. The van der Waals surface area contributed by atoms with Crippen LogP contribution in [0.15, 0.2) is 180 Å². The maximum absolute atomic E-state index is 6.36. The van der Waals surface area contributed by atoms with E-state index in [0.717, 1.165) is 56.7 Å². The fraction of sp³-hybridized carbons (Fsp3) is 0. The lowest BCUT2D eigenvalue weighted by molar-refractivity contribution is 0.481. The Morgan fingerprint density at radius 2 is 0.870 bits per heavy atom. The summed E-state index contributed by atoms with van der Waals surface area (Å²) in [5.41, 5.74) is 13.6. The van der Waals surface area contributed by atoms with Crippen LogP contribution >= 0.6 is 11.8 Å². The number of benzene rings is 8. The standard InChI is InChI=1S/C48H30N4OS/c1-5-13-41-33(9-1)34-10-2-6-14-42(34)52(41)32-20-23-40-48(28-32)54-47-26-30(17-21-39(47)50-40)29-18-24-44-36(25-29)35-11-3-7-15-43(35)51(44)31-19-22-38-46(27-31)53-45-16-8-4-12-37(45)49-38/h1-28,49-50H. The second-order valence-electron chi connectivity index (χ2n) is 14.0. The number of aromatic nitrogens is 2. The SMILES string of the molecule is c1ccc2c(c1)Nc1ccc(-n3c4ccccc4c4cc(-c5ccc6c(c5)Sc5cc(-n7c8ccccc8c8ccccc87)ccc5N6)ccc43)cc1O2. The van der Waals surface area contributed by atoms with Gasteiger partial charge in [-0.3, -0.25) is 0 Å². The minimum Gasteiger partial charge on any atom is -0.453 e. The molecule has 0 bridgehead atoms. The molecule has 54 heavy (non-hydrogen) atoms. The number of para-hydroxylation sites is 5. The Morgan fingerprint density at radius 3 is 1.61 bits per heavy atom. The highest BCUT2D eigenvalue weighted by molar-refractivity contribution is 7.99. The number of nitrogens with zero attached hydrogens (tertiary/aromatic N) is 2. The molecule has 2 aromatic heterocycles. The fourth-order valence-corrected chi connectivity index (χ4v) is 9.44. The Hall–Kier alpha value is -6.89. The van der Waals surface area contributed by atoms with Gasteiger partial charge in [0.1, 0.15) is 0 Å². The van der Waals surface area contributed by atoms with E-state index in [9.17, 15) is 0 Å². The molecule has 0 unspecified atom stereocenters. The lowest BCUT2D eigenvalue weighted by Gasteiger charge is -2.23. The van der Waals surface area contributed by atoms with Gasteiger partial charge in [-0.15, -0.1) is 0 Å². The Kier molecular flexibility index (Phi) is 6.21. The summed E-state index contributed by atoms with van der Waals surface area (Å²) in [7, 11) is 0. The summed E-state index contributed by atoms with van der Waals surface area (Å²) < 4.78 is 11.1. The summed E-state index contributed by atoms with van der Waals surface area (Å²) in [6.07, 6.45) is 0. The van der Waals surface area contributed by atoms with Gasteiger partial charge in [-0.25, -0.2) is 0 Å². The highest BCUT2D eigenvalue weighted by Gasteiger charge is 2.21. The number of fused-ring (bicyclic) bond motifs is 10. The molecule has 4 heterocycles. The van der Waals surface area contributed by atoms with Crippen molar-refractivity contribution >= 4 is 78.1 Å². The fourth-order valence-electron chi connectivity index (χ4n) is 8.38. The van der Waals surface area contributed by atoms with Crippen LogP contribution in [0.5, 0.6) is 11.5 Å². The van der Waals surface area contributed by atoms with E-state index in [1.54, 1.807) is 0 Å². The van der Waals surface area contributed by atoms with Gasteiger partial charge >= 0.3 is 0 Å². The Bertz CT molecular complexity index is 3140. The van der Waals surface area contributed by atoms with Crippen LogP contribution in [0.1, 0.15) is 0 Å². The van der Waals surface area contributed by atoms with Gasteiger partial charge in [0.15, 0.2) is 11.5 Å². The number of rotatable bonds is 3. The topological polar surface area (TPSA) is 43.2 Å². The normalized spacial score (nSPS) is 12.8. The molecule has 0 fully saturated rings. The van der Waals surface area contributed by atoms with E-state index in [4.69, 9.17) is 4.74 Å². The van der Waals surface area contributed by atoms with E-state index in [2.05, 4.69) is 165 Å². The first kappa shape index (κ1) is 29.7. The highest BCUT2D eigenvalue weighted by Crippen LogP contribution is 2.48. The Balaban J connectivity index is 0.920. The maximum atomic E-state index is 6.36. The summed E-state index contributed by atoms with van der Waals surface area (Å²) in [5, 5.41) is 12.2. The van der Waals surface area contributed by atoms with E-state index in [-0.39, 0.29) is 0 Å². The summed E-state index contributed by atoms with van der Waals surface area (Å²) in [5.74, 6) is 1.65. The van der Waals surface area contributed by atoms with Crippen molar-refractivity contribution in [2.75, 3.05) is 10.6 Å². The van der Waals surface area contributed by atoms with Crippen molar-refractivity contribution in [1.29, 1.82) is 0 Å². The summed E-state index contributed by atoms with van der Waals surface area (Å²) in [4.78, 5) is 2.43. The van der Waals surface area contributed by atoms with Crippen LogP contribution in [-0.2, 0) is 0 Å². The van der Waals surface area contributed by atoms with Gasteiger partial charge in [0.25, 0.3) is 0 Å². The molecule has 2 aliphatic heterocycles. The summed E-state index contributed by atoms with van der Waals surface area (Å²) >= 11 is 1.83. The molecule has 0 saturated heterocycles. The molecule has 0 aliphatic carbocycles. The molecule has 12 rings (SSSR count). The van der Waals surface area contributed by atoms with Gasteiger partial charge in [0.05, 0.1) is 50.5 Å². The van der Waals surface area contributed by atoms with Crippen molar-refractivity contribution in [2.24, 2.45) is 0 Å². The van der Waals surface area contributed by atoms with Crippen molar-refractivity contribution in [1.82, 2.24) is 9.13 Å². The Labute approximate surface area is 315 Å². The quantitative estimate of drug-likeness (QED) is 0.192. The first-order valence-corrected chi connectivity index (χ1v) is 19.0. The van der Waals surface area contributed by atoms with Crippen LogP contribution in [0.2, 0.25) is 0 Å². The predicted molar refractivity (Wildman–Crippen MR) is 224 cm³/mol. The van der Waals surface area contributed by atoms with Gasteiger partial charge in [0.2, 0.25) is 0 Å². The molecule has 10 aromatic rings. The number of ether oxygens (including phenoxy) is 1. The third kappa shape index (κ3) is 4.41. The zero-order valence-electron chi connectivity index (χ0n) is 28.9. The van der Waals surface area contributed by atoms with E-state index < -0.39 is 0 Å². The number of nitrogens with one attached hydrogen (secondary N) is 2. The van der Waals surface area contributed by atoms with Crippen molar-refractivity contribution in [3.63, 3.8) is 0 Å². The molecular formula is C48H30N4OS. The van der Waals surface area contributed by atoms with Gasteiger partial charge in [-0.1, -0.05) is 90.6 Å². The number of hydrogen-bond acceptors (Lipinski definition) is 4. The van der Waals surface area contributed by atoms with Crippen LogP contribution in [0.25, 0.3) is 66.1 Å². The van der Waals surface area contributed by atoms with Gasteiger partial charge in [-0.2, -0.15) is 0 Å². The van der Waals surface area contributed by atoms with Crippen molar-refractivity contribution in [3.05, 3.63) is 170 Å². The molecule has 0 spiro atoms. The van der Waals surface area contributed by atoms with Crippen LogP contribution in [0, 0.1) is 0 Å². The highest BCUT2D eigenvalue weighted by atomic mass is 32.2. The molecule has 2 aliphatic rings. The Morgan fingerprint density at radius 1 is 0.370 bits per heavy atom. The lowest BCUT2D eigenvalue weighted by atomic mass is 10.0. The summed E-state index contributed by atoms with van der Waals surface area (Å²) in [6, 6.07) is 60.9. The van der Waals surface area contributed by atoms with Gasteiger partial charge in [0, 0.05) is 43.1 Å². The molecule has 6 heteroatoms. The lowest BCUT2D eigenvalue weighted by Crippen LogP contribution is -2.04. The average molecular weight is 711 g/mol. The molecule has 0 saturated carbocycles. The molecule has 2 N–H and O–H groups in total. The summed E-state index contributed by atoms with van der Waals surface area (Å²) in [6.45, 7) is 0. The number of anilines is 4. The van der Waals surface area contributed by atoms with Crippen molar-refractivity contribution < 1.29 is 4.74 Å². The average Bonchev–Trinajstić information content (AvgIpc) is 3.74. The first-order valence-electron chi connectivity index (χ1n) is 18.2. The van der Waals surface area contributed by atoms with E-state index in [1.807, 2.05) is 36.0 Å². The smallest absolute Gasteiger partial charge is 0.153 e. The van der Waals surface area contributed by atoms with Gasteiger partial charge < -0.3 is 24.5 Å². The molecule has 8 aromatic carbocycles. The second kappa shape index (κ2) is 11.3. The van der Waals surface area contributed by atoms with Crippen LogP contribution in [-0.4, -0.2) is 9.13 Å². The minimum atomic E-state index is 0.817. The third-order valence-electron chi connectivity index (χ3n) is 10.9.